The number of carbonyl (C=O) groups is 2. The van der Waals surface area contributed by atoms with Crippen LogP contribution in [0.1, 0.15) is 16.2 Å². The van der Waals surface area contributed by atoms with Crippen LogP contribution in [0.2, 0.25) is 0 Å². The molecule has 2 amide bonds. The predicted molar refractivity (Wildman–Crippen MR) is 90.0 cm³/mol. The van der Waals surface area contributed by atoms with Crippen LogP contribution in [0.15, 0.2) is 24.5 Å². The Kier molecular flexibility index (Phi) is 4.45. The molecule has 8 heteroatoms. The van der Waals surface area contributed by atoms with Gasteiger partial charge in [-0.15, -0.1) is 0 Å². The van der Waals surface area contributed by atoms with Gasteiger partial charge in [0.25, 0.3) is 5.91 Å². The fourth-order valence-corrected chi connectivity index (χ4v) is 2.72. The Bertz CT molecular complexity index is 732. The first-order valence-corrected chi connectivity index (χ1v) is 7.79. The quantitative estimate of drug-likeness (QED) is 0.834. The standard InChI is InChI=1S/C16H20N6O2/c1-12-3-4-14(17-9-12)21-5-7-22(8-6-21)16(24)15-19-13(18-11-23)10-20(15)2/h3-4,9-11H,5-8H2,1-2H3,(H,18,23). The van der Waals surface area contributed by atoms with E-state index in [0.717, 1.165) is 24.5 Å². The summed E-state index contributed by atoms with van der Waals surface area (Å²) < 4.78 is 1.63. The van der Waals surface area contributed by atoms with Crippen LogP contribution in [-0.2, 0) is 11.8 Å². The molecule has 0 radical (unpaired) electrons. The molecule has 2 aromatic rings. The predicted octanol–water partition coefficient (Wildman–Crippen LogP) is 0.654. The Morgan fingerprint density at radius 1 is 1.25 bits per heavy atom. The van der Waals surface area contributed by atoms with Gasteiger partial charge in [0.2, 0.25) is 12.2 Å². The summed E-state index contributed by atoms with van der Waals surface area (Å²) in [7, 11) is 1.74. The van der Waals surface area contributed by atoms with Gasteiger partial charge in [-0.3, -0.25) is 9.59 Å². The molecule has 0 spiro atoms. The van der Waals surface area contributed by atoms with Crippen molar-refractivity contribution in [2.75, 3.05) is 36.4 Å². The maximum atomic E-state index is 12.6. The highest BCUT2D eigenvalue weighted by Gasteiger charge is 2.25. The van der Waals surface area contributed by atoms with Crippen molar-refractivity contribution in [2.45, 2.75) is 6.92 Å². The van der Waals surface area contributed by atoms with Crippen LogP contribution in [-0.4, -0.2) is 57.9 Å². The third-order valence-corrected chi connectivity index (χ3v) is 4.06. The number of piperazine rings is 1. The number of aromatic nitrogens is 3. The summed E-state index contributed by atoms with van der Waals surface area (Å²) >= 11 is 0. The number of hydrogen-bond acceptors (Lipinski definition) is 5. The summed E-state index contributed by atoms with van der Waals surface area (Å²) in [5.74, 6) is 1.50. The van der Waals surface area contributed by atoms with E-state index in [1.807, 2.05) is 25.3 Å². The first-order valence-electron chi connectivity index (χ1n) is 7.79. The van der Waals surface area contributed by atoms with Gasteiger partial charge in [0.1, 0.15) is 5.82 Å². The first kappa shape index (κ1) is 16.0. The zero-order valence-corrected chi connectivity index (χ0v) is 13.8. The maximum absolute atomic E-state index is 12.6. The molecule has 0 aliphatic carbocycles. The van der Waals surface area contributed by atoms with Crippen LogP contribution in [0, 0.1) is 6.92 Å². The average molecular weight is 328 g/mol. The lowest BCUT2D eigenvalue weighted by molar-refractivity contribution is -0.105. The second-order valence-electron chi connectivity index (χ2n) is 5.80. The summed E-state index contributed by atoms with van der Waals surface area (Å²) in [6.07, 6.45) is 4.01. The van der Waals surface area contributed by atoms with E-state index in [0.29, 0.717) is 31.1 Å². The summed E-state index contributed by atoms with van der Waals surface area (Å²) in [4.78, 5) is 35.7. The molecule has 0 unspecified atom stereocenters. The second-order valence-corrected chi connectivity index (χ2v) is 5.80. The second kappa shape index (κ2) is 6.69. The van der Waals surface area contributed by atoms with Gasteiger partial charge < -0.3 is 19.7 Å². The van der Waals surface area contributed by atoms with Gasteiger partial charge in [-0.25, -0.2) is 9.97 Å². The summed E-state index contributed by atoms with van der Waals surface area (Å²) in [5.41, 5.74) is 1.13. The van der Waals surface area contributed by atoms with Crippen LogP contribution in [0.4, 0.5) is 11.6 Å². The van der Waals surface area contributed by atoms with Crippen molar-refractivity contribution in [3.63, 3.8) is 0 Å². The largest absolute Gasteiger partial charge is 0.353 e. The van der Waals surface area contributed by atoms with Gasteiger partial charge in [-0.05, 0) is 18.6 Å². The van der Waals surface area contributed by atoms with Crippen molar-refractivity contribution in [3.05, 3.63) is 35.9 Å². The van der Waals surface area contributed by atoms with Crippen molar-refractivity contribution >= 4 is 24.0 Å². The third-order valence-electron chi connectivity index (χ3n) is 4.06. The van der Waals surface area contributed by atoms with Crippen LogP contribution in [0.5, 0.6) is 0 Å². The van der Waals surface area contributed by atoms with Crippen LogP contribution < -0.4 is 10.2 Å². The highest BCUT2D eigenvalue weighted by Crippen LogP contribution is 2.16. The number of nitrogens with one attached hydrogen (secondary N) is 1. The van der Waals surface area contributed by atoms with Crippen molar-refractivity contribution in [3.8, 4) is 0 Å². The molecule has 0 saturated carbocycles. The molecule has 1 N–H and O–H groups in total. The number of hydrogen-bond donors (Lipinski definition) is 1. The molecule has 24 heavy (non-hydrogen) atoms. The normalized spacial score (nSPS) is 14.6. The highest BCUT2D eigenvalue weighted by molar-refractivity contribution is 5.92. The summed E-state index contributed by atoms with van der Waals surface area (Å²) in [5, 5.41) is 2.46. The minimum absolute atomic E-state index is 0.132. The highest BCUT2D eigenvalue weighted by atomic mass is 16.2. The van der Waals surface area contributed by atoms with E-state index in [1.165, 1.54) is 0 Å². The number of anilines is 2. The fourth-order valence-electron chi connectivity index (χ4n) is 2.72. The SMILES string of the molecule is Cc1ccc(N2CCN(C(=O)c3nc(NC=O)cn3C)CC2)nc1. The molecular formula is C16H20N6O2. The molecule has 126 valence electrons. The molecule has 1 saturated heterocycles. The van der Waals surface area contributed by atoms with E-state index in [2.05, 4.69) is 20.2 Å². The van der Waals surface area contributed by atoms with Gasteiger partial charge >= 0.3 is 0 Å². The molecule has 2 aromatic heterocycles. The maximum Gasteiger partial charge on any atom is 0.290 e. The van der Waals surface area contributed by atoms with Gasteiger partial charge in [-0.2, -0.15) is 0 Å². The molecule has 3 heterocycles. The Labute approximate surface area is 140 Å². The molecule has 0 aromatic carbocycles. The zero-order valence-electron chi connectivity index (χ0n) is 13.8. The number of amides is 2. The first-order chi connectivity index (χ1) is 11.6. The monoisotopic (exact) mass is 328 g/mol. The zero-order chi connectivity index (χ0) is 17.1. The lowest BCUT2D eigenvalue weighted by Crippen LogP contribution is -2.49. The Hall–Kier alpha value is -2.90. The van der Waals surface area contributed by atoms with Crippen molar-refractivity contribution < 1.29 is 9.59 Å². The Morgan fingerprint density at radius 3 is 2.62 bits per heavy atom. The lowest BCUT2D eigenvalue weighted by atomic mass is 10.2. The molecular weight excluding hydrogens is 308 g/mol. The number of carbonyl (C=O) groups excluding carboxylic acids is 2. The third kappa shape index (κ3) is 3.22. The molecule has 1 fully saturated rings. The molecule has 1 aliphatic heterocycles. The van der Waals surface area contributed by atoms with E-state index in [4.69, 9.17) is 0 Å². The minimum Gasteiger partial charge on any atom is -0.353 e. The number of aryl methyl sites for hydroxylation is 2. The molecule has 3 rings (SSSR count). The van der Waals surface area contributed by atoms with E-state index in [-0.39, 0.29) is 5.91 Å². The number of pyridine rings is 1. The molecule has 1 aliphatic rings. The van der Waals surface area contributed by atoms with Gasteiger partial charge in [0.05, 0.1) is 0 Å². The minimum atomic E-state index is -0.132. The number of rotatable bonds is 4. The van der Waals surface area contributed by atoms with Crippen LogP contribution in [0.3, 0.4) is 0 Å². The van der Waals surface area contributed by atoms with Crippen LogP contribution >= 0.6 is 0 Å². The Balaban J connectivity index is 1.64. The number of imidazole rings is 1. The van der Waals surface area contributed by atoms with Crippen LogP contribution in [0.25, 0.3) is 0 Å². The lowest BCUT2D eigenvalue weighted by Gasteiger charge is -2.35. The Morgan fingerprint density at radius 2 is 2.00 bits per heavy atom. The van der Waals surface area contributed by atoms with E-state index < -0.39 is 0 Å². The van der Waals surface area contributed by atoms with Gasteiger partial charge in [-0.1, -0.05) is 6.07 Å². The van der Waals surface area contributed by atoms with Crippen molar-refractivity contribution in [2.24, 2.45) is 7.05 Å². The van der Waals surface area contributed by atoms with E-state index in [9.17, 15) is 9.59 Å². The molecule has 8 nitrogen and oxygen atoms in total. The molecule has 0 bridgehead atoms. The van der Waals surface area contributed by atoms with Gasteiger partial charge in [0.15, 0.2) is 5.82 Å². The topological polar surface area (TPSA) is 83.4 Å². The van der Waals surface area contributed by atoms with E-state index in [1.54, 1.807) is 22.7 Å². The summed E-state index contributed by atoms with van der Waals surface area (Å²) in [6.45, 7) is 4.68. The average Bonchev–Trinajstić information content (AvgIpc) is 2.96. The van der Waals surface area contributed by atoms with Gasteiger partial charge in [0, 0.05) is 45.6 Å². The number of nitrogens with zero attached hydrogens (tertiary/aromatic N) is 5. The van der Waals surface area contributed by atoms with Crippen molar-refractivity contribution in [1.29, 1.82) is 0 Å². The van der Waals surface area contributed by atoms with E-state index >= 15 is 0 Å². The fraction of sp³-hybridized carbons (Fsp3) is 0.375. The van der Waals surface area contributed by atoms with Crippen molar-refractivity contribution in [1.82, 2.24) is 19.4 Å². The molecule has 0 atom stereocenters. The summed E-state index contributed by atoms with van der Waals surface area (Å²) in [6, 6.07) is 4.04. The smallest absolute Gasteiger partial charge is 0.290 e.